The van der Waals surface area contributed by atoms with Crippen LogP contribution in [0, 0.1) is 13.8 Å². The fourth-order valence-corrected chi connectivity index (χ4v) is 4.77. The van der Waals surface area contributed by atoms with Gasteiger partial charge in [0.25, 0.3) is 0 Å². The molecule has 0 unspecified atom stereocenters. The Labute approximate surface area is 197 Å². The average Bonchev–Trinajstić information content (AvgIpc) is 3.44. The number of rotatable bonds is 8. The first-order valence-electron chi connectivity index (χ1n) is 11.3. The van der Waals surface area contributed by atoms with Crippen LogP contribution < -0.4 is 4.74 Å². The summed E-state index contributed by atoms with van der Waals surface area (Å²) in [6, 6.07) is 16.7. The lowest BCUT2D eigenvalue weighted by molar-refractivity contribution is 0.309. The molecule has 7 heteroatoms. The highest BCUT2D eigenvalue weighted by molar-refractivity contribution is 7.98. The minimum atomic E-state index is 0.749. The molecule has 0 spiro atoms. The topological polar surface area (TPSA) is 56.7 Å². The van der Waals surface area contributed by atoms with Crippen LogP contribution in [0.1, 0.15) is 36.5 Å². The van der Waals surface area contributed by atoms with Crippen molar-refractivity contribution in [3.63, 3.8) is 0 Å². The third-order valence-electron chi connectivity index (χ3n) is 5.76. The minimum absolute atomic E-state index is 0.749. The largest absolute Gasteiger partial charge is 0.494 e. The molecular formula is C26H27N5OS. The van der Waals surface area contributed by atoms with Gasteiger partial charge in [0.05, 0.1) is 12.3 Å². The summed E-state index contributed by atoms with van der Waals surface area (Å²) in [7, 11) is 0. The molecule has 0 amide bonds. The molecule has 168 valence electrons. The Bertz CT molecular complexity index is 1400. The van der Waals surface area contributed by atoms with E-state index < -0.39 is 0 Å². The van der Waals surface area contributed by atoms with Crippen LogP contribution in [0.25, 0.3) is 22.4 Å². The Morgan fingerprint density at radius 3 is 2.64 bits per heavy atom. The Hall–Kier alpha value is -3.32. The van der Waals surface area contributed by atoms with Crippen LogP contribution in [0.3, 0.4) is 0 Å². The van der Waals surface area contributed by atoms with E-state index >= 15 is 0 Å². The number of unbranched alkanes of at least 4 members (excludes halogenated alkanes) is 1. The van der Waals surface area contributed by atoms with E-state index in [4.69, 9.17) is 9.84 Å². The van der Waals surface area contributed by atoms with E-state index in [-0.39, 0.29) is 0 Å². The van der Waals surface area contributed by atoms with Gasteiger partial charge in [-0.1, -0.05) is 48.9 Å². The molecular weight excluding hydrogens is 430 g/mol. The maximum Gasteiger partial charge on any atom is 0.196 e. The summed E-state index contributed by atoms with van der Waals surface area (Å²) >= 11 is 1.70. The van der Waals surface area contributed by atoms with Crippen molar-refractivity contribution in [2.45, 2.75) is 44.5 Å². The monoisotopic (exact) mass is 457 g/mol. The lowest BCUT2D eigenvalue weighted by Crippen LogP contribution is -1.96. The number of thioether (sulfide) groups is 1. The highest BCUT2D eigenvalue weighted by atomic mass is 32.2. The van der Waals surface area contributed by atoms with Gasteiger partial charge in [0.15, 0.2) is 10.8 Å². The summed E-state index contributed by atoms with van der Waals surface area (Å²) < 4.78 is 9.68. The second-order valence-electron chi connectivity index (χ2n) is 8.28. The number of benzene rings is 2. The molecule has 0 aliphatic rings. The molecule has 3 aromatic heterocycles. The standard InChI is InChI=1S/C26H27N5OS/c1-4-5-14-32-22-10-8-20(9-11-22)23-16-24-25-27-28-26(30(25)12-13-31(24)29-23)33-17-21-15-18(2)6-7-19(21)3/h6-13,15-16H,4-5,14,17H2,1-3H3. The van der Waals surface area contributed by atoms with E-state index in [1.807, 2.05) is 33.4 Å². The van der Waals surface area contributed by atoms with Crippen molar-refractivity contribution in [2.24, 2.45) is 0 Å². The third kappa shape index (κ3) is 4.46. The van der Waals surface area contributed by atoms with Gasteiger partial charge in [-0.05, 0) is 61.7 Å². The number of hydrogen-bond donors (Lipinski definition) is 0. The Morgan fingerprint density at radius 2 is 1.82 bits per heavy atom. The second kappa shape index (κ2) is 9.27. The van der Waals surface area contributed by atoms with Crippen molar-refractivity contribution in [3.8, 4) is 17.0 Å². The van der Waals surface area contributed by atoms with Crippen LogP contribution in [0.15, 0.2) is 66.1 Å². The normalized spacial score (nSPS) is 11.5. The SMILES string of the molecule is CCCCOc1ccc(-c2cc3c4nnc(SCc5cc(C)ccc5C)n4ccn3n2)cc1. The van der Waals surface area contributed by atoms with Gasteiger partial charge in [-0.3, -0.25) is 4.40 Å². The number of aromatic nitrogens is 5. The van der Waals surface area contributed by atoms with Crippen molar-refractivity contribution in [2.75, 3.05) is 6.61 Å². The van der Waals surface area contributed by atoms with E-state index in [0.717, 1.165) is 58.5 Å². The van der Waals surface area contributed by atoms with Gasteiger partial charge in [-0.2, -0.15) is 5.10 Å². The molecule has 0 saturated carbocycles. The molecule has 0 saturated heterocycles. The molecule has 0 radical (unpaired) electrons. The maximum atomic E-state index is 5.78. The molecule has 5 aromatic rings. The predicted octanol–water partition coefficient (Wildman–Crippen LogP) is 6.13. The smallest absolute Gasteiger partial charge is 0.196 e. The molecule has 6 nitrogen and oxygen atoms in total. The molecule has 0 fully saturated rings. The molecule has 3 heterocycles. The zero-order valence-electron chi connectivity index (χ0n) is 19.2. The zero-order valence-corrected chi connectivity index (χ0v) is 20.0. The molecule has 0 bridgehead atoms. The van der Waals surface area contributed by atoms with Crippen molar-refractivity contribution < 1.29 is 4.74 Å². The van der Waals surface area contributed by atoms with Crippen LogP contribution in [0.4, 0.5) is 0 Å². The van der Waals surface area contributed by atoms with Gasteiger partial charge < -0.3 is 4.74 Å². The van der Waals surface area contributed by atoms with Crippen LogP contribution in [0.2, 0.25) is 0 Å². The van der Waals surface area contributed by atoms with Crippen LogP contribution in [0.5, 0.6) is 5.75 Å². The Morgan fingerprint density at radius 1 is 0.970 bits per heavy atom. The van der Waals surface area contributed by atoms with Crippen molar-refractivity contribution in [1.82, 2.24) is 24.2 Å². The Kier molecular flexibility index (Phi) is 6.05. The van der Waals surface area contributed by atoms with Crippen LogP contribution >= 0.6 is 11.8 Å². The van der Waals surface area contributed by atoms with Crippen LogP contribution in [-0.4, -0.2) is 30.8 Å². The fourth-order valence-electron chi connectivity index (χ4n) is 3.78. The number of nitrogens with zero attached hydrogens (tertiary/aromatic N) is 5. The quantitative estimate of drug-likeness (QED) is 0.207. The summed E-state index contributed by atoms with van der Waals surface area (Å²) in [5.74, 6) is 1.75. The van der Waals surface area contributed by atoms with Gasteiger partial charge in [-0.15, -0.1) is 10.2 Å². The van der Waals surface area contributed by atoms with Gasteiger partial charge in [-0.25, -0.2) is 4.52 Å². The number of ether oxygens (including phenoxy) is 1. The first kappa shape index (κ1) is 21.5. The van der Waals surface area contributed by atoms with E-state index in [0.29, 0.717) is 0 Å². The predicted molar refractivity (Wildman–Crippen MR) is 133 cm³/mol. The van der Waals surface area contributed by atoms with Crippen molar-refractivity contribution in [3.05, 3.63) is 77.6 Å². The van der Waals surface area contributed by atoms with Gasteiger partial charge in [0.2, 0.25) is 0 Å². The molecule has 33 heavy (non-hydrogen) atoms. The molecule has 2 aromatic carbocycles. The van der Waals surface area contributed by atoms with E-state index in [1.165, 1.54) is 16.7 Å². The van der Waals surface area contributed by atoms with Gasteiger partial charge in [0.1, 0.15) is 11.3 Å². The van der Waals surface area contributed by atoms with E-state index in [1.54, 1.807) is 11.8 Å². The molecule has 0 N–H and O–H groups in total. The van der Waals surface area contributed by atoms with Crippen molar-refractivity contribution >= 4 is 22.9 Å². The lowest BCUT2D eigenvalue weighted by atomic mass is 10.1. The number of hydrogen-bond acceptors (Lipinski definition) is 5. The highest BCUT2D eigenvalue weighted by Crippen LogP contribution is 2.27. The second-order valence-corrected chi connectivity index (χ2v) is 9.22. The number of aryl methyl sites for hydroxylation is 2. The van der Waals surface area contributed by atoms with Crippen molar-refractivity contribution in [1.29, 1.82) is 0 Å². The Balaban J connectivity index is 1.39. The first-order valence-corrected chi connectivity index (χ1v) is 12.3. The minimum Gasteiger partial charge on any atom is -0.494 e. The molecule has 5 rings (SSSR count). The lowest BCUT2D eigenvalue weighted by Gasteiger charge is -2.06. The van der Waals surface area contributed by atoms with Gasteiger partial charge >= 0.3 is 0 Å². The summed E-state index contributed by atoms with van der Waals surface area (Å²) in [5.41, 5.74) is 7.58. The summed E-state index contributed by atoms with van der Waals surface area (Å²) in [5, 5.41) is 14.6. The third-order valence-corrected chi connectivity index (χ3v) is 6.76. The highest BCUT2D eigenvalue weighted by Gasteiger charge is 2.13. The summed E-state index contributed by atoms with van der Waals surface area (Å²) in [4.78, 5) is 0. The average molecular weight is 458 g/mol. The molecule has 0 aliphatic carbocycles. The van der Waals surface area contributed by atoms with E-state index in [2.05, 4.69) is 67.4 Å². The van der Waals surface area contributed by atoms with Crippen LogP contribution in [-0.2, 0) is 5.75 Å². The zero-order chi connectivity index (χ0) is 22.8. The van der Waals surface area contributed by atoms with E-state index in [9.17, 15) is 0 Å². The number of fused-ring (bicyclic) bond motifs is 3. The molecule has 0 aliphatic heterocycles. The summed E-state index contributed by atoms with van der Waals surface area (Å²) in [6.07, 6.45) is 6.13. The fraction of sp³-hybridized carbons (Fsp3) is 0.269. The van der Waals surface area contributed by atoms with Gasteiger partial charge in [0, 0.05) is 23.7 Å². The summed E-state index contributed by atoms with van der Waals surface area (Å²) in [6.45, 7) is 7.19. The molecule has 0 atom stereocenters. The first-order chi connectivity index (χ1) is 16.1. The maximum absolute atomic E-state index is 5.78.